The van der Waals surface area contributed by atoms with Crippen molar-refractivity contribution < 1.29 is 22.7 Å². The van der Waals surface area contributed by atoms with E-state index in [1.807, 2.05) is 18.2 Å². The summed E-state index contributed by atoms with van der Waals surface area (Å²) in [5.74, 6) is 1.14. The molecule has 2 aliphatic rings. The molecular formula is C21H22ClNO5S. The largest absolute Gasteiger partial charge is 0.490 e. The Morgan fingerprint density at radius 1 is 1.07 bits per heavy atom. The maximum absolute atomic E-state index is 13.3. The van der Waals surface area contributed by atoms with Gasteiger partial charge in [-0.2, -0.15) is 0 Å². The molecule has 0 aromatic heterocycles. The second-order valence-corrected chi connectivity index (χ2v) is 9.75. The molecule has 1 saturated heterocycles. The number of nitrogens with zero attached hydrogens (tertiary/aromatic N) is 1. The minimum absolute atomic E-state index is 0.0802. The molecule has 1 fully saturated rings. The minimum atomic E-state index is -3.44. The smallest absolute Gasteiger partial charge is 0.255 e. The van der Waals surface area contributed by atoms with E-state index in [-0.39, 0.29) is 27.4 Å². The minimum Gasteiger partial charge on any atom is -0.490 e. The van der Waals surface area contributed by atoms with Gasteiger partial charge in [0, 0.05) is 19.2 Å². The van der Waals surface area contributed by atoms with E-state index in [4.69, 9.17) is 21.1 Å². The number of amides is 1. The molecule has 1 amide bonds. The van der Waals surface area contributed by atoms with Crippen molar-refractivity contribution in [2.75, 3.05) is 26.0 Å². The number of likely N-dealkylation sites (tertiary alicyclic amines) is 1. The lowest BCUT2D eigenvalue weighted by Gasteiger charge is -2.26. The first kappa shape index (κ1) is 20.0. The number of carbonyl (C=O) groups is 1. The highest BCUT2D eigenvalue weighted by molar-refractivity contribution is 7.90. The highest BCUT2D eigenvalue weighted by Gasteiger charge is 2.32. The molecule has 2 heterocycles. The van der Waals surface area contributed by atoms with E-state index in [0.717, 1.165) is 31.1 Å². The summed E-state index contributed by atoms with van der Waals surface area (Å²) in [5, 5.41) is 0.242. The third-order valence-electron chi connectivity index (χ3n) is 5.27. The van der Waals surface area contributed by atoms with E-state index in [0.29, 0.717) is 31.3 Å². The zero-order chi connectivity index (χ0) is 20.6. The van der Waals surface area contributed by atoms with Crippen LogP contribution in [-0.4, -0.2) is 45.2 Å². The second-order valence-electron chi connectivity index (χ2n) is 7.33. The van der Waals surface area contributed by atoms with Gasteiger partial charge >= 0.3 is 0 Å². The van der Waals surface area contributed by atoms with Gasteiger partial charge in [-0.05, 0) is 48.7 Å². The molecule has 6 nitrogen and oxygen atoms in total. The first-order valence-corrected chi connectivity index (χ1v) is 11.8. The summed E-state index contributed by atoms with van der Waals surface area (Å²) < 4.78 is 35.3. The van der Waals surface area contributed by atoms with E-state index in [1.54, 1.807) is 4.90 Å². The van der Waals surface area contributed by atoms with Crippen molar-refractivity contribution in [2.24, 2.45) is 0 Å². The first-order chi connectivity index (χ1) is 13.8. The van der Waals surface area contributed by atoms with E-state index in [1.165, 1.54) is 18.2 Å². The number of carbonyl (C=O) groups excluding carboxylic acids is 1. The Morgan fingerprint density at radius 2 is 1.83 bits per heavy atom. The third kappa shape index (κ3) is 4.07. The Labute approximate surface area is 175 Å². The fourth-order valence-corrected chi connectivity index (χ4v) is 4.64. The maximum atomic E-state index is 13.3. The maximum Gasteiger partial charge on any atom is 0.255 e. The summed E-state index contributed by atoms with van der Waals surface area (Å²) >= 11 is 6.25. The lowest BCUT2D eigenvalue weighted by molar-refractivity contribution is 0.0735. The topological polar surface area (TPSA) is 72.9 Å². The van der Waals surface area contributed by atoms with Crippen molar-refractivity contribution in [3.63, 3.8) is 0 Å². The Hall–Kier alpha value is -2.25. The van der Waals surface area contributed by atoms with Crippen LogP contribution < -0.4 is 9.47 Å². The second kappa shape index (κ2) is 7.88. The summed E-state index contributed by atoms with van der Waals surface area (Å²) in [6, 6.07) is 9.89. The lowest BCUT2D eigenvalue weighted by atomic mass is 10.0. The van der Waals surface area contributed by atoms with Crippen LogP contribution in [0.25, 0.3) is 0 Å². The molecule has 1 atom stereocenters. The van der Waals surface area contributed by atoms with Crippen LogP contribution in [0.5, 0.6) is 11.5 Å². The predicted molar refractivity (Wildman–Crippen MR) is 110 cm³/mol. The monoisotopic (exact) mass is 435 g/mol. The molecule has 0 aliphatic carbocycles. The zero-order valence-corrected chi connectivity index (χ0v) is 17.6. The highest BCUT2D eigenvalue weighted by Crippen LogP contribution is 2.39. The number of hydrogen-bond donors (Lipinski definition) is 0. The fourth-order valence-electron chi connectivity index (χ4n) is 3.80. The van der Waals surface area contributed by atoms with Crippen LogP contribution in [0, 0.1) is 0 Å². The number of halogens is 1. The predicted octanol–water partition coefficient (Wildman–Crippen LogP) is 3.88. The summed E-state index contributed by atoms with van der Waals surface area (Å²) in [7, 11) is -3.44. The van der Waals surface area contributed by atoms with Crippen LogP contribution in [0.3, 0.4) is 0 Å². The fraction of sp³-hybridized carbons (Fsp3) is 0.381. The highest BCUT2D eigenvalue weighted by atomic mass is 35.5. The van der Waals surface area contributed by atoms with Crippen LogP contribution in [0.15, 0.2) is 41.3 Å². The molecule has 2 aromatic rings. The number of ether oxygens (including phenoxy) is 2. The van der Waals surface area contributed by atoms with Gasteiger partial charge in [0.1, 0.15) is 0 Å². The zero-order valence-electron chi connectivity index (χ0n) is 16.1. The molecule has 0 radical (unpaired) electrons. The molecule has 1 unspecified atom stereocenters. The lowest BCUT2D eigenvalue weighted by Crippen LogP contribution is -2.31. The Bertz CT molecular complexity index is 1050. The summed E-state index contributed by atoms with van der Waals surface area (Å²) in [6.07, 6.45) is 3.61. The molecule has 154 valence electrons. The van der Waals surface area contributed by atoms with Crippen LogP contribution in [0.1, 0.15) is 41.2 Å². The first-order valence-electron chi connectivity index (χ1n) is 9.55. The van der Waals surface area contributed by atoms with Gasteiger partial charge < -0.3 is 14.4 Å². The average molecular weight is 436 g/mol. The number of benzene rings is 2. The number of hydrogen-bond acceptors (Lipinski definition) is 5. The van der Waals surface area contributed by atoms with Crippen LogP contribution >= 0.6 is 11.6 Å². The molecule has 0 saturated carbocycles. The SMILES string of the molecule is CS(=O)(=O)c1ccc(Cl)c(C(=O)N2CCCC2c2ccc3c(c2)OCCCO3)c1. The number of rotatable bonds is 3. The number of fused-ring (bicyclic) bond motifs is 1. The van der Waals surface area contributed by atoms with Crippen molar-refractivity contribution in [1.29, 1.82) is 0 Å². The molecule has 2 aliphatic heterocycles. The van der Waals surface area contributed by atoms with Gasteiger partial charge in [-0.1, -0.05) is 17.7 Å². The van der Waals surface area contributed by atoms with Gasteiger partial charge in [0.2, 0.25) is 0 Å². The van der Waals surface area contributed by atoms with E-state index in [2.05, 4.69) is 0 Å². The average Bonchev–Trinajstić information content (AvgIpc) is 3.05. The summed E-state index contributed by atoms with van der Waals surface area (Å²) in [4.78, 5) is 15.1. The number of sulfone groups is 1. The van der Waals surface area contributed by atoms with Crippen molar-refractivity contribution in [1.82, 2.24) is 4.90 Å². The Morgan fingerprint density at radius 3 is 2.59 bits per heavy atom. The molecular weight excluding hydrogens is 414 g/mol. The van der Waals surface area contributed by atoms with E-state index < -0.39 is 9.84 Å². The van der Waals surface area contributed by atoms with Gasteiger partial charge in [0.05, 0.1) is 34.7 Å². The van der Waals surface area contributed by atoms with Crippen LogP contribution in [0.2, 0.25) is 5.02 Å². The normalized spacial score (nSPS) is 19.1. The summed E-state index contributed by atoms with van der Waals surface area (Å²) in [6.45, 7) is 1.80. The van der Waals surface area contributed by atoms with E-state index in [9.17, 15) is 13.2 Å². The van der Waals surface area contributed by atoms with Gasteiger partial charge in [-0.3, -0.25) is 4.79 Å². The van der Waals surface area contributed by atoms with Gasteiger partial charge in [-0.25, -0.2) is 8.42 Å². The standard InChI is InChI=1S/C21H22ClNO5S/c1-29(25,26)15-6-7-17(22)16(13-15)21(24)23-9-2-4-18(23)14-5-8-19-20(12-14)28-11-3-10-27-19/h5-8,12-13,18H,2-4,9-11H2,1H3. The molecule has 29 heavy (non-hydrogen) atoms. The van der Waals surface area contributed by atoms with Crippen molar-refractivity contribution in [3.05, 3.63) is 52.5 Å². The Balaban J connectivity index is 1.66. The quantitative estimate of drug-likeness (QED) is 0.731. The Kier molecular flexibility index (Phi) is 5.44. The van der Waals surface area contributed by atoms with Gasteiger partial charge in [0.25, 0.3) is 5.91 Å². The molecule has 8 heteroatoms. The van der Waals surface area contributed by atoms with Crippen molar-refractivity contribution in [2.45, 2.75) is 30.2 Å². The van der Waals surface area contributed by atoms with Crippen molar-refractivity contribution >= 4 is 27.3 Å². The summed E-state index contributed by atoms with van der Waals surface area (Å²) in [5.41, 5.74) is 1.17. The molecule has 0 N–H and O–H groups in total. The molecule has 0 spiro atoms. The van der Waals surface area contributed by atoms with Crippen LogP contribution in [-0.2, 0) is 9.84 Å². The third-order valence-corrected chi connectivity index (χ3v) is 6.71. The molecule has 2 aromatic carbocycles. The molecule has 0 bridgehead atoms. The van der Waals surface area contributed by atoms with Crippen molar-refractivity contribution in [3.8, 4) is 11.5 Å². The van der Waals surface area contributed by atoms with Gasteiger partial charge in [0.15, 0.2) is 21.3 Å². The van der Waals surface area contributed by atoms with Gasteiger partial charge in [-0.15, -0.1) is 0 Å². The molecule has 4 rings (SSSR count). The van der Waals surface area contributed by atoms with Crippen LogP contribution in [0.4, 0.5) is 0 Å². The van der Waals surface area contributed by atoms with E-state index >= 15 is 0 Å².